The van der Waals surface area contributed by atoms with Gasteiger partial charge in [-0.05, 0) is 30.0 Å². The van der Waals surface area contributed by atoms with Crippen molar-refractivity contribution in [2.24, 2.45) is 0 Å². The highest BCUT2D eigenvalue weighted by molar-refractivity contribution is 7.81. The van der Waals surface area contributed by atoms with Gasteiger partial charge in [0.2, 0.25) is 0 Å². The second-order valence-corrected chi connectivity index (χ2v) is 6.18. The Hall–Kier alpha value is -2.37. The molecule has 1 atom stereocenters. The van der Waals surface area contributed by atoms with E-state index in [0.29, 0.717) is 18.0 Å². The van der Waals surface area contributed by atoms with Crippen molar-refractivity contribution < 1.29 is 13.1 Å². The van der Waals surface area contributed by atoms with E-state index in [-0.39, 0.29) is 0 Å². The van der Waals surface area contributed by atoms with Crippen molar-refractivity contribution in [2.75, 3.05) is 11.3 Å². The van der Waals surface area contributed by atoms with Crippen LogP contribution in [0.4, 0.5) is 5.69 Å². The third-order valence-electron chi connectivity index (χ3n) is 3.41. The fourth-order valence-corrected chi connectivity index (χ4v) is 3.02. The highest BCUT2D eigenvalue weighted by Gasteiger charge is 2.05. The van der Waals surface area contributed by atoms with Crippen molar-refractivity contribution in [3.05, 3.63) is 66.7 Å². The quantitative estimate of drug-likeness (QED) is 0.654. The molecule has 0 aromatic heterocycles. The van der Waals surface area contributed by atoms with E-state index in [1.165, 1.54) is 0 Å². The van der Waals surface area contributed by atoms with Gasteiger partial charge in [-0.1, -0.05) is 49.4 Å². The molecule has 3 aromatic carbocycles. The summed E-state index contributed by atoms with van der Waals surface area (Å²) >= 11 is -1.55. The van der Waals surface area contributed by atoms with Crippen LogP contribution in [0, 0.1) is 0 Å². The van der Waals surface area contributed by atoms with Gasteiger partial charge < -0.3 is 4.74 Å². The number of hydrogen-bond acceptors (Lipinski definition) is 3. The molecule has 0 amide bonds. The van der Waals surface area contributed by atoms with Crippen LogP contribution in [0.25, 0.3) is 10.8 Å². The zero-order valence-corrected chi connectivity index (χ0v) is 14.2. The first-order valence-electron chi connectivity index (χ1n) is 7.83. The minimum absolute atomic E-state index is 0.450. The maximum atomic E-state index is 11.8. The van der Waals surface area contributed by atoms with Crippen LogP contribution >= 0.6 is 0 Å². The topological polar surface area (TPSA) is 47.6 Å². The average Bonchev–Trinajstić information content (AvgIpc) is 2.61. The summed E-state index contributed by atoms with van der Waals surface area (Å²) in [5.41, 5.74) is 0.683. The Morgan fingerprint density at radius 1 is 1.00 bits per heavy atom. The summed E-state index contributed by atoms with van der Waals surface area (Å²) in [4.78, 5) is 0. The molecule has 0 heterocycles. The highest BCUT2D eigenvalue weighted by Crippen LogP contribution is 2.30. The first kappa shape index (κ1) is 16.5. The average molecular weight is 341 g/mol. The van der Waals surface area contributed by atoms with Gasteiger partial charge in [0.25, 0.3) is 11.3 Å². The number of fused-ring (bicyclic) bond motifs is 1. The lowest BCUT2D eigenvalue weighted by Crippen LogP contribution is -2.08. The lowest BCUT2D eigenvalue weighted by atomic mass is 10.1. The Kier molecular flexibility index (Phi) is 5.46. The molecular formula is C19H19NO3S. The van der Waals surface area contributed by atoms with Crippen LogP contribution < -0.4 is 9.46 Å². The molecule has 5 heteroatoms. The predicted molar refractivity (Wildman–Crippen MR) is 98.5 cm³/mol. The van der Waals surface area contributed by atoms with Crippen LogP contribution in [-0.2, 0) is 15.4 Å². The van der Waals surface area contributed by atoms with Crippen LogP contribution in [0.2, 0.25) is 0 Å². The molecule has 0 saturated carbocycles. The summed E-state index contributed by atoms with van der Waals surface area (Å²) in [6.07, 6.45) is 0.817. The van der Waals surface area contributed by atoms with E-state index in [2.05, 4.69) is 4.72 Å². The van der Waals surface area contributed by atoms with Gasteiger partial charge in [-0.15, -0.1) is 0 Å². The van der Waals surface area contributed by atoms with Crippen LogP contribution in [0.3, 0.4) is 0 Å². The molecule has 1 unspecified atom stereocenters. The Bertz CT molecular complexity index is 845. The predicted octanol–water partition coefficient (Wildman–Crippen LogP) is 5.05. The molecule has 0 aliphatic carbocycles. The maximum absolute atomic E-state index is 11.8. The lowest BCUT2D eigenvalue weighted by Gasteiger charge is -2.11. The molecule has 24 heavy (non-hydrogen) atoms. The molecule has 124 valence electrons. The van der Waals surface area contributed by atoms with E-state index in [1.807, 2.05) is 67.6 Å². The second kappa shape index (κ2) is 7.95. The zero-order chi connectivity index (χ0) is 16.8. The van der Waals surface area contributed by atoms with Gasteiger partial charge in [0.1, 0.15) is 11.5 Å². The summed E-state index contributed by atoms with van der Waals surface area (Å²) in [6, 6.07) is 21.4. The van der Waals surface area contributed by atoms with Gasteiger partial charge in [0.15, 0.2) is 0 Å². The SMILES string of the molecule is CCCOS(=O)Nc1cccc(Oc2cccc3ccccc23)c1. The molecule has 0 spiro atoms. The number of hydrogen-bond donors (Lipinski definition) is 1. The van der Waals surface area contributed by atoms with Crippen LogP contribution in [0.1, 0.15) is 13.3 Å². The smallest absolute Gasteiger partial charge is 0.261 e. The van der Waals surface area contributed by atoms with Gasteiger partial charge in [0.05, 0.1) is 12.3 Å². The van der Waals surface area contributed by atoms with Gasteiger partial charge in [-0.25, -0.2) is 4.21 Å². The monoisotopic (exact) mass is 341 g/mol. The number of ether oxygens (including phenoxy) is 1. The molecule has 1 N–H and O–H groups in total. The normalized spacial score (nSPS) is 12.0. The number of nitrogens with one attached hydrogen (secondary N) is 1. The van der Waals surface area contributed by atoms with E-state index in [4.69, 9.17) is 8.92 Å². The van der Waals surface area contributed by atoms with Gasteiger partial charge in [0, 0.05) is 11.5 Å². The number of benzene rings is 3. The van der Waals surface area contributed by atoms with Crippen LogP contribution in [0.15, 0.2) is 66.7 Å². The summed E-state index contributed by atoms with van der Waals surface area (Å²) in [5.74, 6) is 1.46. The van der Waals surface area contributed by atoms with Crippen molar-refractivity contribution >= 4 is 27.7 Å². The van der Waals surface area contributed by atoms with Crippen molar-refractivity contribution in [1.82, 2.24) is 0 Å². The molecule has 4 nitrogen and oxygen atoms in total. The van der Waals surface area contributed by atoms with Crippen molar-refractivity contribution in [3.63, 3.8) is 0 Å². The molecule has 3 rings (SSSR count). The first-order chi connectivity index (χ1) is 11.8. The second-order valence-electron chi connectivity index (χ2n) is 5.27. The molecule has 0 aliphatic rings. The van der Waals surface area contributed by atoms with E-state index in [9.17, 15) is 4.21 Å². The Balaban J connectivity index is 1.78. The van der Waals surface area contributed by atoms with Crippen molar-refractivity contribution in [1.29, 1.82) is 0 Å². The summed E-state index contributed by atoms with van der Waals surface area (Å²) in [7, 11) is 0. The maximum Gasteiger partial charge on any atom is 0.261 e. The minimum atomic E-state index is -1.55. The standard InChI is InChI=1S/C19H19NO3S/c1-2-13-22-24(21)20-16-9-6-10-17(14-16)23-19-12-5-8-15-7-3-4-11-18(15)19/h3-12,14,20H,2,13H2,1H3. The first-order valence-corrected chi connectivity index (χ1v) is 8.91. The summed E-state index contributed by atoms with van der Waals surface area (Å²) in [6.45, 7) is 2.42. The van der Waals surface area contributed by atoms with Crippen LogP contribution in [-0.4, -0.2) is 10.8 Å². The van der Waals surface area contributed by atoms with E-state index < -0.39 is 11.3 Å². The Morgan fingerprint density at radius 3 is 2.67 bits per heavy atom. The van der Waals surface area contributed by atoms with Gasteiger partial charge >= 0.3 is 0 Å². The van der Waals surface area contributed by atoms with Crippen LogP contribution in [0.5, 0.6) is 11.5 Å². The third kappa shape index (κ3) is 4.13. The van der Waals surface area contributed by atoms with E-state index in [1.54, 1.807) is 6.07 Å². The zero-order valence-electron chi connectivity index (χ0n) is 13.4. The largest absolute Gasteiger partial charge is 0.457 e. The number of anilines is 1. The number of rotatable bonds is 7. The molecule has 0 radical (unpaired) electrons. The summed E-state index contributed by atoms with van der Waals surface area (Å²) < 4.78 is 25.7. The molecular weight excluding hydrogens is 322 g/mol. The minimum Gasteiger partial charge on any atom is -0.457 e. The highest BCUT2D eigenvalue weighted by atomic mass is 32.2. The molecule has 0 saturated heterocycles. The van der Waals surface area contributed by atoms with Crippen molar-refractivity contribution in [2.45, 2.75) is 13.3 Å². The lowest BCUT2D eigenvalue weighted by molar-refractivity contribution is 0.350. The van der Waals surface area contributed by atoms with Gasteiger partial charge in [-0.2, -0.15) is 0 Å². The molecule has 3 aromatic rings. The Morgan fingerprint density at radius 2 is 1.79 bits per heavy atom. The third-order valence-corrected chi connectivity index (χ3v) is 4.19. The molecule has 0 aliphatic heterocycles. The fourth-order valence-electron chi connectivity index (χ4n) is 2.32. The van der Waals surface area contributed by atoms with E-state index >= 15 is 0 Å². The van der Waals surface area contributed by atoms with Gasteiger partial charge in [-0.3, -0.25) is 8.91 Å². The molecule has 0 bridgehead atoms. The van der Waals surface area contributed by atoms with Crippen molar-refractivity contribution in [3.8, 4) is 11.5 Å². The molecule has 0 fully saturated rings. The summed E-state index contributed by atoms with van der Waals surface area (Å²) in [5, 5.41) is 2.17. The fraction of sp³-hybridized carbons (Fsp3) is 0.158. The van der Waals surface area contributed by atoms with E-state index in [0.717, 1.165) is 22.9 Å². The Labute approximate surface area is 144 Å².